The van der Waals surface area contributed by atoms with E-state index < -0.39 is 0 Å². The van der Waals surface area contributed by atoms with Gasteiger partial charge >= 0.3 is 0 Å². The number of H-pyrrole nitrogens is 1. The van der Waals surface area contributed by atoms with Gasteiger partial charge in [0.2, 0.25) is 0 Å². The quantitative estimate of drug-likeness (QED) is 0.725. The summed E-state index contributed by atoms with van der Waals surface area (Å²) in [6.07, 6.45) is 0. The first kappa shape index (κ1) is 15.6. The molecule has 0 fully saturated rings. The maximum absolute atomic E-state index is 5.13. The van der Waals surface area contributed by atoms with Gasteiger partial charge in [0, 0.05) is 23.1 Å². The summed E-state index contributed by atoms with van der Waals surface area (Å²) >= 11 is 10.2. The summed E-state index contributed by atoms with van der Waals surface area (Å²) in [5.41, 5.74) is 1.99. The summed E-state index contributed by atoms with van der Waals surface area (Å²) < 4.78 is 0.737. The van der Waals surface area contributed by atoms with Crippen LogP contribution in [0.4, 0.5) is 5.69 Å². The molecule has 0 spiro atoms. The van der Waals surface area contributed by atoms with E-state index in [2.05, 4.69) is 15.6 Å². The number of thiocarbonyl (C=S) groups is 1. The Labute approximate surface area is 124 Å². The molecule has 1 aromatic carbocycles. The SMILES string of the molecule is CC.CCNC(=S)Nc1ccc2[nH]c(=S)ccc2c1. The number of nitrogens with one attached hydrogen (secondary N) is 3. The van der Waals surface area contributed by atoms with Crippen LogP contribution in [0.1, 0.15) is 20.8 Å². The van der Waals surface area contributed by atoms with Gasteiger partial charge in [0.25, 0.3) is 0 Å². The maximum atomic E-state index is 5.13. The average Bonchev–Trinajstić information content (AvgIpc) is 2.41. The van der Waals surface area contributed by atoms with E-state index in [4.69, 9.17) is 24.4 Å². The highest BCUT2D eigenvalue weighted by Gasteiger charge is 1.98. The Hall–Kier alpha value is -1.46. The Morgan fingerprint density at radius 3 is 2.63 bits per heavy atom. The van der Waals surface area contributed by atoms with Crippen molar-refractivity contribution in [3.8, 4) is 0 Å². The van der Waals surface area contributed by atoms with E-state index >= 15 is 0 Å². The fraction of sp³-hybridized carbons (Fsp3) is 0.286. The molecule has 0 aliphatic carbocycles. The van der Waals surface area contributed by atoms with Gasteiger partial charge in [-0.2, -0.15) is 0 Å². The van der Waals surface area contributed by atoms with Crippen LogP contribution in [-0.4, -0.2) is 16.6 Å². The van der Waals surface area contributed by atoms with Gasteiger partial charge in [-0.05, 0) is 49.5 Å². The molecule has 0 saturated heterocycles. The topological polar surface area (TPSA) is 39.8 Å². The van der Waals surface area contributed by atoms with Crippen molar-refractivity contribution >= 4 is 46.1 Å². The molecule has 1 heterocycles. The second-order valence-electron chi connectivity index (χ2n) is 3.61. The standard InChI is InChI=1S/C12H13N3S2.C2H6/c1-2-13-12(17)14-9-4-5-10-8(7-9)3-6-11(16)15-10;1-2/h3-7H,2H2,1H3,(H,15,16)(H2,13,14,17);1-2H3. The molecule has 0 unspecified atom stereocenters. The lowest BCUT2D eigenvalue weighted by Gasteiger charge is -2.09. The molecule has 0 radical (unpaired) electrons. The van der Waals surface area contributed by atoms with Gasteiger partial charge < -0.3 is 15.6 Å². The Morgan fingerprint density at radius 1 is 1.21 bits per heavy atom. The van der Waals surface area contributed by atoms with Gasteiger partial charge in [0.15, 0.2) is 5.11 Å². The Bertz CT molecular complexity index is 605. The number of hydrogen-bond acceptors (Lipinski definition) is 2. The van der Waals surface area contributed by atoms with Crippen molar-refractivity contribution in [1.82, 2.24) is 10.3 Å². The first-order chi connectivity index (χ1) is 9.19. The summed E-state index contributed by atoms with van der Waals surface area (Å²) in [5.74, 6) is 0. The normalized spacial score (nSPS) is 9.42. The number of aromatic nitrogens is 1. The van der Waals surface area contributed by atoms with Crippen LogP contribution in [0.5, 0.6) is 0 Å². The lowest BCUT2D eigenvalue weighted by Crippen LogP contribution is -2.27. The molecular weight excluding hydrogens is 274 g/mol. The van der Waals surface area contributed by atoms with E-state index in [0.717, 1.165) is 27.8 Å². The monoisotopic (exact) mass is 293 g/mol. The van der Waals surface area contributed by atoms with E-state index in [1.165, 1.54) is 0 Å². The van der Waals surface area contributed by atoms with Crippen LogP contribution in [0.15, 0.2) is 30.3 Å². The van der Waals surface area contributed by atoms with Gasteiger partial charge in [-0.3, -0.25) is 0 Å². The van der Waals surface area contributed by atoms with Crippen LogP contribution in [0.25, 0.3) is 10.9 Å². The summed E-state index contributed by atoms with van der Waals surface area (Å²) in [6.45, 7) is 6.82. The van der Waals surface area contributed by atoms with Crippen LogP contribution < -0.4 is 10.6 Å². The minimum atomic E-state index is 0.635. The summed E-state index contributed by atoms with van der Waals surface area (Å²) in [4.78, 5) is 3.13. The van der Waals surface area contributed by atoms with Crippen molar-refractivity contribution < 1.29 is 0 Å². The Balaban J connectivity index is 0.000000861. The van der Waals surface area contributed by atoms with Crippen molar-refractivity contribution in [3.05, 3.63) is 35.0 Å². The zero-order valence-electron chi connectivity index (χ0n) is 11.4. The number of rotatable bonds is 2. The third-order valence-electron chi connectivity index (χ3n) is 2.32. The van der Waals surface area contributed by atoms with Gasteiger partial charge in [0.05, 0.1) is 0 Å². The predicted molar refractivity (Wildman–Crippen MR) is 90.4 cm³/mol. The average molecular weight is 293 g/mol. The molecule has 19 heavy (non-hydrogen) atoms. The van der Waals surface area contributed by atoms with Crippen LogP contribution in [0, 0.1) is 4.64 Å². The smallest absolute Gasteiger partial charge is 0.170 e. The van der Waals surface area contributed by atoms with Crippen molar-refractivity contribution in [3.63, 3.8) is 0 Å². The number of hydrogen-bond donors (Lipinski definition) is 3. The first-order valence-electron chi connectivity index (χ1n) is 6.37. The van der Waals surface area contributed by atoms with Crippen LogP contribution in [0.2, 0.25) is 0 Å². The molecule has 1 aromatic heterocycles. The zero-order valence-corrected chi connectivity index (χ0v) is 13.0. The third kappa shape index (κ3) is 4.61. The molecule has 0 bridgehead atoms. The molecule has 2 rings (SSSR count). The lowest BCUT2D eigenvalue weighted by molar-refractivity contribution is 0.979. The predicted octanol–water partition coefficient (Wildman–Crippen LogP) is 4.23. The highest BCUT2D eigenvalue weighted by Crippen LogP contribution is 2.17. The molecule has 0 aliphatic rings. The van der Waals surface area contributed by atoms with Gasteiger partial charge in [-0.25, -0.2) is 0 Å². The molecule has 5 heteroatoms. The summed E-state index contributed by atoms with van der Waals surface area (Å²) in [7, 11) is 0. The van der Waals surface area contributed by atoms with E-state index in [-0.39, 0.29) is 0 Å². The molecule has 3 N–H and O–H groups in total. The number of fused-ring (bicyclic) bond motifs is 1. The fourth-order valence-electron chi connectivity index (χ4n) is 1.57. The van der Waals surface area contributed by atoms with Crippen molar-refractivity contribution in [2.45, 2.75) is 20.8 Å². The maximum Gasteiger partial charge on any atom is 0.170 e. The van der Waals surface area contributed by atoms with Gasteiger partial charge in [-0.15, -0.1) is 0 Å². The zero-order chi connectivity index (χ0) is 14.3. The van der Waals surface area contributed by atoms with E-state index in [1.54, 1.807) is 0 Å². The van der Waals surface area contributed by atoms with Gasteiger partial charge in [-0.1, -0.05) is 26.1 Å². The van der Waals surface area contributed by atoms with E-state index in [0.29, 0.717) is 5.11 Å². The molecule has 2 aromatic rings. The molecular formula is C14H19N3S2. The van der Waals surface area contributed by atoms with Crippen LogP contribution in [0.3, 0.4) is 0 Å². The minimum absolute atomic E-state index is 0.635. The molecule has 0 atom stereocenters. The molecule has 102 valence electrons. The minimum Gasteiger partial charge on any atom is -0.363 e. The highest BCUT2D eigenvalue weighted by molar-refractivity contribution is 7.80. The number of aromatic amines is 1. The Kier molecular flexibility index (Phi) is 6.45. The van der Waals surface area contributed by atoms with Crippen molar-refractivity contribution in [2.75, 3.05) is 11.9 Å². The molecule has 3 nitrogen and oxygen atoms in total. The second-order valence-corrected chi connectivity index (χ2v) is 4.46. The Morgan fingerprint density at radius 2 is 1.95 bits per heavy atom. The van der Waals surface area contributed by atoms with Crippen LogP contribution >= 0.6 is 24.4 Å². The molecule has 0 amide bonds. The van der Waals surface area contributed by atoms with Crippen molar-refractivity contribution in [2.24, 2.45) is 0 Å². The lowest BCUT2D eigenvalue weighted by atomic mass is 10.2. The molecule has 0 saturated carbocycles. The largest absolute Gasteiger partial charge is 0.363 e. The van der Waals surface area contributed by atoms with Crippen molar-refractivity contribution in [1.29, 1.82) is 0 Å². The molecule has 0 aliphatic heterocycles. The summed E-state index contributed by atoms with van der Waals surface area (Å²) in [5, 5.41) is 7.91. The van der Waals surface area contributed by atoms with E-state index in [1.807, 2.05) is 51.1 Å². The highest BCUT2D eigenvalue weighted by atomic mass is 32.1. The number of benzene rings is 1. The number of anilines is 1. The van der Waals surface area contributed by atoms with Crippen LogP contribution in [-0.2, 0) is 0 Å². The van der Waals surface area contributed by atoms with Gasteiger partial charge in [0.1, 0.15) is 4.64 Å². The third-order valence-corrected chi connectivity index (χ3v) is 2.80. The fourth-order valence-corrected chi connectivity index (χ4v) is 2.01. The first-order valence-corrected chi connectivity index (χ1v) is 7.18. The summed E-state index contributed by atoms with van der Waals surface area (Å²) in [6, 6.07) is 9.86. The second kappa shape index (κ2) is 7.86. The van der Waals surface area contributed by atoms with E-state index in [9.17, 15) is 0 Å². The number of pyridine rings is 1.